The molecular weight excluding hydrogens is 463 g/mol. The van der Waals surface area contributed by atoms with Gasteiger partial charge in [-0.25, -0.2) is 4.39 Å². The quantitative estimate of drug-likeness (QED) is 0.301. The average molecular weight is 497 g/mol. The largest absolute Gasteiger partial charge is 0.371 e. The molecule has 0 spiro atoms. The topological polar surface area (TPSA) is 6.48 Å². The maximum atomic E-state index is 14.8. The van der Waals surface area contributed by atoms with Crippen LogP contribution in [0, 0.1) is 12.7 Å². The summed E-state index contributed by atoms with van der Waals surface area (Å²) < 4.78 is 16.9. The number of aryl methyl sites for hydroxylation is 1. The van der Waals surface area contributed by atoms with Gasteiger partial charge in [0.2, 0.25) is 0 Å². The molecule has 0 amide bonds. The highest BCUT2D eigenvalue weighted by atomic mass is 35.5. The number of hydrogen-bond donors (Lipinski definition) is 0. The minimum atomic E-state index is -0.207. The molecule has 3 aromatic carbocycles. The van der Waals surface area contributed by atoms with Crippen molar-refractivity contribution in [2.45, 2.75) is 45.4 Å². The van der Waals surface area contributed by atoms with Crippen LogP contribution in [0.15, 0.2) is 66.1 Å². The van der Waals surface area contributed by atoms with Gasteiger partial charge in [0.25, 0.3) is 0 Å². The molecule has 180 valence electrons. The van der Waals surface area contributed by atoms with Gasteiger partial charge in [-0.2, -0.15) is 0 Å². The van der Waals surface area contributed by atoms with Crippen molar-refractivity contribution in [3.63, 3.8) is 0 Å². The van der Waals surface area contributed by atoms with Crippen LogP contribution in [0.2, 0.25) is 5.02 Å². The van der Waals surface area contributed by atoms with Gasteiger partial charge < -0.3 is 9.21 Å². The lowest BCUT2D eigenvalue weighted by Gasteiger charge is -2.35. The molecule has 4 rings (SSSR count). The monoisotopic (exact) mass is 496 g/mol. The molecule has 1 heterocycles. The summed E-state index contributed by atoms with van der Waals surface area (Å²) in [6, 6.07) is 17.4. The average Bonchev–Trinajstić information content (AvgIpc) is 2.79. The zero-order chi connectivity index (χ0) is 24.8. The van der Waals surface area contributed by atoms with E-state index in [2.05, 4.69) is 28.8 Å². The van der Waals surface area contributed by atoms with Gasteiger partial charge in [-0.3, -0.25) is 0 Å². The summed E-state index contributed by atoms with van der Waals surface area (Å²) in [5.74, 6) is -0.207. The Morgan fingerprint density at radius 3 is 2.38 bits per heavy atom. The van der Waals surface area contributed by atoms with Crippen LogP contribution >= 0.6 is 23.5 Å². The Hall–Kier alpha value is -2.43. The molecule has 34 heavy (non-hydrogen) atoms. The Morgan fingerprint density at radius 2 is 1.79 bits per heavy atom. The van der Waals surface area contributed by atoms with E-state index in [1.165, 1.54) is 6.42 Å². The molecule has 0 aliphatic carbocycles. The van der Waals surface area contributed by atoms with Crippen molar-refractivity contribution in [3.05, 3.63) is 88.7 Å². The van der Waals surface area contributed by atoms with Crippen LogP contribution in [0.25, 0.3) is 16.8 Å². The van der Waals surface area contributed by atoms with Crippen LogP contribution in [0.5, 0.6) is 0 Å². The van der Waals surface area contributed by atoms with Gasteiger partial charge in [0, 0.05) is 41.3 Å². The molecule has 0 N–H and O–H groups in total. The third kappa shape index (κ3) is 5.61. The number of anilines is 1. The molecule has 0 aromatic heterocycles. The van der Waals surface area contributed by atoms with Gasteiger partial charge >= 0.3 is 0 Å². The third-order valence-corrected chi connectivity index (χ3v) is 7.39. The van der Waals surface area contributed by atoms with E-state index in [0.29, 0.717) is 5.56 Å². The molecule has 1 aliphatic heterocycles. The van der Waals surface area contributed by atoms with Crippen molar-refractivity contribution in [1.29, 1.82) is 0 Å². The predicted octanol–water partition coefficient (Wildman–Crippen LogP) is 8.86. The maximum absolute atomic E-state index is 14.8. The first-order chi connectivity index (χ1) is 16.4. The fourth-order valence-electron chi connectivity index (χ4n) is 4.01. The first-order valence-corrected chi connectivity index (χ1v) is 13.1. The highest BCUT2D eigenvalue weighted by molar-refractivity contribution is 8.00. The Balaban J connectivity index is 0.00000158. The van der Waals surface area contributed by atoms with Gasteiger partial charge in [0.1, 0.15) is 5.82 Å². The molecule has 2 nitrogen and oxygen atoms in total. The van der Waals surface area contributed by atoms with Crippen molar-refractivity contribution in [3.8, 4) is 11.1 Å². The Bertz CT molecular complexity index is 1140. The van der Waals surface area contributed by atoms with E-state index in [1.807, 2.05) is 70.3 Å². The van der Waals surface area contributed by atoms with Gasteiger partial charge in [-0.1, -0.05) is 69.3 Å². The molecule has 1 aliphatic rings. The number of benzene rings is 3. The van der Waals surface area contributed by atoms with Crippen LogP contribution in [0.3, 0.4) is 0 Å². The van der Waals surface area contributed by atoms with Crippen molar-refractivity contribution in [2.24, 2.45) is 0 Å². The van der Waals surface area contributed by atoms with Crippen molar-refractivity contribution in [2.75, 3.05) is 24.4 Å². The normalized spacial score (nSPS) is 12.5. The summed E-state index contributed by atoms with van der Waals surface area (Å²) in [6.45, 7) is 14.4. The van der Waals surface area contributed by atoms with E-state index in [4.69, 9.17) is 11.6 Å². The number of hydrogen-bond acceptors (Lipinski definition) is 3. The lowest BCUT2D eigenvalue weighted by molar-refractivity contribution is 0.282. The minimum absolute atomic E-state index is 0.207. The van der Waals surface area contributed by atoms with Crippen molar-refractivity contribution in [1.82, 2.24) is 4.90 Å². The molecule has 0 radical (unpaired) electrons. The summed E-state index contributed by atoms with van der Waals surface area (Å²) in [5.41, 5.74) is 6.54. The van der Waals surface area contributed by atoms with Crippen molar-refractivity contribution >= 4 is 34.9 Å². The van der Waals surface area contributed by atoms with Crippen LogP contribution in [0.1, 0.15) is 43.9 Å². The van der Waals surface area contributed by atoms with Gasteiger partial charge in [0.15, 0.2) is 0 Å². The number of rotatable bonds is 7. The molecule has 0 saturated carbocycles. The Kier molecular flexibility index (Phi) is 9.10. The van der Waals surface area contributed by atoms with Gasteiger partial charge in [-0.15, -0.1) is 0 Å². The highest BCUT2D eigenvalue weighted by Gasteiger charge is 2.20. The van der Waals surface area contributed by atoms with Gasteiger partial charge in [0.05, 0.1) is 5.69 Å². The van der Waals surface area contributed by atoms with E-state index >= 15 is 0 Å². The van der Waals surface area contributed by atoms with Gasteiger partial charge in [-0.05, 0) is 78.2 Å². The molecule has 0 atom stereocenters. The molecule has 0 bridgehead atoms. The summed E-state index contributed by atoms with van der Waals surface area (Å²) in [7, 11) is 2.02. The molecular formula is C29H34ClFN2S. The van der Waals surface area contributed by atoms with E-state index in [9.17, 15) is 4.39 Å². The summed E-state index contributed by atoms with van der Waals surface area (Å²) in [6.07, 6.45) is 2.04. The fourth-order valence-corrected chi connectivity index (χ4v) is 5.55. The first kappa shape index (κ1) is 26.2. The summed E-state index contributed by atoms with van der Waals surface area (Å²) in [4.78, 5) is 3.38. The Labute approximate surface area is 213 Å². The van der Waals surface area contributed by atoms with Crippen molar-refractivity contribution < 1.29 is 4.39 Å². The second-order valence-corrected chi connectivity index (χ2v) is 9.73. The number of likely N-dealkylation sites (tertiary alicyclic amines) is 1. The number of nitrogens with zero attached hydrogens (tertiary/aromatic N) is 2. The van der Waals surface area contributed by atoms with E-state index < -0.39 is 0 Å². The third-order valence-electron chi connectivity index (χ3n) is 6.02. The standard InChI is InChI=1S/C27H28ClFN2S.C2H6/c1-5-22-24(28)15-21(19(3)31-12-9-13-31)16-27(22)32-30(4)26-17-23(25(29)14-18(26)2)20-10-7-6-8-11-20;1-2/h6-8,10-11,14-17H,3,5,9,12-13H2,1-2,4H3;1-2H3. The number of halogens is 2. The SMILES string of the molecule is C=C(c1cc(Cl)c(CC)c(SN(C)c2cc(-c3ccccc3)c(F)cc2C)c1)N1CCC1.CC. The molecule has 3 aromatic rings. The zero-order valence-corrected chi connectivity index (χ0v) is 22.4. The van der Waals surface area contributed by atoms with E-state index in [1.54, 1.807) is 18.0 Å². The van der Waals surface area contributed by atoms with Crippen LogP contribution in [-0.4, -0.2) is 25.0 Å². The smallest absolute Gasteiger partial charge is 0.131 e. The molecule has 0 unspecified atom stereocenters. The zero-order valence-electron chi connectivity index (χ0n) is 20.8. The maximum Gasteiger partial charge on any atom is 0.131 e. The molecule has 5 heteroatoms. The summed E-state index contributed by atoms with van der Waals surface area (Å²) in [5, 5.41) is 0.767. The van der Waals surface area contributed by atoms with Crippen LogP contribution in [-0.2, 0) is 6.42 Å². The lowest BCUT2D eigenvalue weighted by atomic mass is 10.0. The predicted molar refractivity (Wildman–Crippen MR) is 148 cm³/mol. The Morgan fingerprint density at radius 1 is 1.12 bits per heavy atom. The first-order valence-electron chi connectivity index (χ1n) is 11.9. The highest BCUT2D eigenvalue weighted by Crippen LogP contribution is 2.39. The van der Waals surface area contributed by atoms with Crippen LogP contribution < -0.4 is 4.31 Å². The minimum Gasteiger partial charge on any atom is -0.371 e. The molecule has 1 fully saturated rings. The fraction of sp³-hybridized carbons (Fsp3) is 0.310. The van der Waals surface area contributed by atoms with Crippen LogP contribution in [0.4, 0.5) is 10.1 Å². The summed E-state index contributed by atoms with van der Waals surface area (Å²) >= 11 is 8.31. The van der Waals surface area contributed by atoms with E-state index in [-0.39, 0.29) is 5.82 Å². The lowest BCUT2D eigenvalue weighted by Crippen LogP contribution is -2.35. The second-order valence-electron chi connectivity index (χ2n) is 8.15. The van der Waals surface area contributed by atoms with E-state index in [0.717, 1.165) is 63.1 Å². The second kappa shape index (κ2) is 11.8. The molecule has 1 saturated heterocycles.